The quantitative estimate of drug-likeness (QED) is 0.729. The van der Waals surface area contributed by atoms with Gasteiger partial charge in [0.05, 0.1) is 11.6 Å². The van der Waals surface area contributed by atoms with Crippen LogP contribution in [0.5, 0.6) is 0 Å². The number of nitriles is 1. The first-order chi connectivity index (χ1) is 13.5. The molecule has 4 rings (SSSR count). The van der Waals surface area contributed by atoms with Crippen molar-refractivity contribution in [1.29, 1.82) is 5.26 Å². The van der Waals surface area contributed by atoms with Crippen LogP contribution in [0.25, 0.3) is 0 Å². The number of rotatable bonds is 5. The lowest BCUT2D eigenvalue weighted by molar-refractivity contribution is 0.0967. The molecule has 0 spiro atoms. The molecule has 2 saturated carbocycles. The van der Waals surface area contributed by atoms with Gasteiger partial charge in [0.15, 0.2) is 5.82 Å². The smallest absolute Gasteiger partial charge is 0.407 e. The molecule has 0 saturated heterocycles. The van der Waals surface area contributed by atoms with Crippen LogP contribution >= 0.6 is 0 Å². The van der Waals surface area contributed by atoms with Gasteiger partial charge in [-0.3, -0.25) is 5.10 Å². The van der Waals surface area contributed by atoms with Gasteiger partial charge in [-0.25, -0.2) is 9.78 Å². The van der Waals surface area contributed by atoms with Crippen molar-refractivity contribution in [2.24, 2.45) is 0 Å². The third kappa shape index (κ3) is 3.93. The number of hydrogen-bond acceptors (Lipinski definition) is 6. The summed E-state index contributed by atoms with van der Waals surface area (Å²) in [5.41, 5.74) is 2.33. The van der Waals surface area contributed by atoms with Crippen LogP contribution in [0, 0.1) is 18.3 Å². The fourth-order valence-electron chi connectivity index (χ4n) is 3.58. The van der Waals surface area contributed by atoms with Gasteiger partial charge in [0.25, 0.3) is 0 Å². The van der Waals surface area contributed by atoms with Crippen LogP contribution in [0.3, 0.4) is 0 Å². The number of carbonyl (C=O) groups is 1. The fraction of sp³-hybridized carbons (Fsp3) is 0.500. The van der Waals surface area contributed by atoms with Crippen molar-refractivity contribution in [3.63, 3.8) is 0 Å². The topological polar surface area (TPSA) is 116 Å². The number of alkyl carbamates (subject to hydrolysis) is 1. The monoisotopic (exact) mass is 380 g/mol. The van der Waals surface area contributed by atoms with Crippen LogP contribution in [0.1, 0.15) is 61.8 Å². The van der Waals surface area contributed by atoms with Gasteiger partial charge in [-0.15, -0.1) is 0 Å². The number of anilines is 2. The van der Waals surface area contributed by atoms with Gasteiger partial charge in [-0.1, -0.05) is 0 Å². The van der Waals surface area contributed by atoms with Crippen LogP contribution < -0.4 is 10.6 Å². The maximum atomic E-state index is 12.0. The van der Waals surface area contributed by atoms with Gasteiger partial charge < -0.3 is 15.4 Å². The lowest BCUT2D eigenvalue weighted by Crippen LogP contribution is -2.36. The first-order valence-electron chi connectivity index (χ1n) is 9.62. The molecule has 2 aliphatic rings. The summed E-state index contributed by atoms with van der Waals surface area (Å²) in [5, 5.41) is 22.6. The molecule has 0 unspecified atom stereocenters. The van der Waals surface area contributed by atoms with E-state index in [1.165, 1.54) is 0 Å². The second-order valence-electron chi connectivity index (χ2n) is 8.00. The van der Waals surface area contributed by atoms with Crippen molar-refractivity contribution >= 4 is 17.7 Å². The van der Waals surface area contributed by atoms with Crippen molar-refractivity contribution in [3.05, 3.63) is 35.2 Å². The summed E-state index contributed by atoms with van der Waals surface area (Å²) in [7, 11) is 0. The summed E-state index contributed by atoms with van der Waals surface area (Å²) in [6.07, 6.45) is 5.84. The van der Waals surface area contributed by atoms with Crippen molar-refractivity contribution in [1.82, 2.24) is 20.5 Å². The van der Waals surface area contributed by atoms with E-state index in [1.807, 2.05) is 19.9 Å². The molecule has 0 aromatic carbocycles. The number of aromatic nitrogens is 3. The molecule has 2 aliphatic carbocycles. The molecular formula is C20H24N6O2. The summed E-state index contributed by atoms with van der Waals surface area (Å²) in [6.45, 7) is 3.89. The third-order valence-electron chi connectivity index (χ3n) is 5.67. The number of H-pyrrole nitrogens is 1. The maximum Gasteiger partial charge on any atom is 0.407 e. The highest BCUT2D eigenvalue weighted by molar-refractivity contribution is 5.69. The summed E-state index contributed by atoms with van der Waals surface area (Å²) >= 11 is 0. The van der Waals surface area contributed by atoms with Gasteiger partial charge in [-0.05, 0) is 52.0 Å². The Morgan fingerprint density at radius 2 is 2.25 bits per heavy atom. The molecule has 2 aromatic heterocycles. The van der Waals surface area contributed by atoms with Gasteiger partial charge in [-0.2, -0.15) is 10.4 Å². The van der Waals surface area contributed by atoms with Crippen molar-refractivity contribution in [2.45, 2.75) is 63.5 Å². The zero-order chi connectivity index (χ0) is 19.7. The van der Waals surface area contributed by atoms with E-state index in [0.29, 0.717) is 17.2 Å². The predicted molar refractivity (Wildman–Crippen MR) is 103 cm³/mol. The first kappa shape index (κ1) is 18.3. The van der Waals surface area contributed by atoms with E-state index in [2.05, 4.69) is 31.9 Å². The molecule has 28 heavy (non-hydrogen) atoms. The number of nitrogens with one attached hydrogen (secondary N) is 3. The van der Waals surface area contributed by atoms with Crippen molar-refractivity contribution < 1.29 is 9.53 Å². The molecule has 0 aliphatic heterocycles. The number of aromatic amines is 1. The Kier molecular flexibility index (Phi) is 4.67. The van der Waals surface area contributed by atoms with Crippen molar-refractivity contribution in [3.8, 4) is 6.07 Å². The van der Waals surface area contributed by atoms with E-state index < -0.39 is 0 Å². The van der Waals surface area contributed by atoms with Crippen LogP contribution in [0.4, 0.5) is 16.4 Å². The molecule has 2 heterocycles. The fourth-order valence-corrected chi connectivity index (χ4v) is 3.58. The highest BCUT2D eigenvalue weighted by Gasteiger charge is 2.40. The molecule has 0 radical (unpaired) electrons. The summed E-state index contributed by atoms with van der Waals surface area (Å²) in [5.74, 6) is 1.55. The Morgan fingerprint density at radius 3 is 3.00 bits per heavy atom. The number of ether oxygens (including phenoxy) is 1. The molecule has 146 valence electrons. The Balaban J connectivity index is 1.35. The van der Waals surface area contributed by atoms with E-state index in [0.717, 1.165) is 43.4 Å². The molecular weight excluding hydrogens is 356 g/mol. The van der Waals surface area contributed by atoms with E-state index in [4.69, 9.17) is 10.00 Å². The maximum absolute atomic E-state index is 12.0. The Bertz CT molecular complexity index is 927. The Hall–Kier alpha value is -3.08. The van der Waals surface area contributed by atoms with Crippen LogP contribution in [0.2, 0.25) is 0 Å². The SMILES string of the molecule is Cc1c(C#N)ccnc1Nc1cc([C@H]2CC[C@@H](OC(=O)NC3(C)CC3)C2)[nH]n1. The van der Waals surface area contributed by atoms with E-state index >= 15 is 0 Å². The molecule has 3 N–H and O–H groups in total. The second kappa shape index (κ2) is 7.15. The minimum Gasteiger partial charge on any atom is -0.446 e. The number of amides is 1. The Morgan fingerprint density at radius 1 is 1.43 bits per heavy atom. The normalized spacial score (nSPS) is 22.3. The molecule has 8 heteroatoms. The summed E-state index contributed by atoms with van der Waals surface area (Å²) in [4.78, 5) is 16.3. The van der Waals surface area contributed by atoms with E-state index in [9.17, 15) is 4.79 Å². The standard InChI is InChI=1S/C20H24N6O2/c1-12-14(11-21)5-8-22-18(12)23-17-10-16(25-26-17)13-3-4-15(9-13)28-19(27)24-20(2)6-7-20/h5,8,10,13,15H,3-4,6-7,9H2,1-2H3,(H,24,27)(H2,22,23,25,26)/t13-,15+/m0/s1. The minimum absolute atomic E-state index is 0.0615. The van der Waals surface area contributed by atoms with Crippen LogP contribution in [-0.4, -0.2) is 32.9 Å². The predicted octanol–water partition coefficient (Wildman–Crippen LogP) is 3.64. The summed E-state index contributed by atoms with van der Waals surface area (Å²) < 4.78 is 5.58. The highest BCUT2D eigenvalue weighted by Crippen LogP contribution is 2.37. The van der Waals surface area contributed by atoms with Gasteiger partial charge in [0, 0.05) is 35.0 Å². The second-order valence-corrected chi connectivity index (χ2v) is 8.00. The van der Waals surface area contributed by atoms with Crippen LogP contribution in [0.15, 0.2) is 18.3 Å². The largest absolute Gasteiger partial charge is 0.446 e. The molecule has 2 aromatic rings. The van der Waals surface area contributed by atoms with Gasteiger partial charge >= 0.3 is 6.09 Å². The molecule has 1 amide bonds. The lowest BCUT2D eigenvalue weighted by atomic mass is 10.0. The average Bonchev–Trinajstić information content (AvgIpc) is 3.06. The average molecular weight is 380 g/mol. The Labute approximate surface area is 163 Å². The van der Waals surface area contributed by atoms with E-state index in [-0.39, 0.29) is 23.7 Å². The number of hydrogen-bond donors (Lipinski definition) is 3. The van der Waals surface area contributed by atoms with E-state index in [1.54, 1.807) is 12.3 Å². The highest BCUT2D eigenvalue weighted by atomic mass is 16.6. The summed E-state index contributed by atoms with van der Waals surface area (Å²) in [6, 6.07) is 5.80. The first-order valence-corrected chi connectivity index (χ1v) is 9.62. The minimum atomic E-state index is -0.309. The lowest BCUT2D eigenvalue weighted by Gasteiger charge is -2.16. The molecule has 2 fully saturated rings. The van der Waals surface area contributed by atoms with Crippen molar-refractivity contribution in [2.75, 3.05) is 5.32 Å². The van der Waals surface area contributed by atoms with Gasteiger partial charge in [0.2, 0.25) is 0 Å². The number of nitrogens with zero attached hydrogens (tertiary/aromatic N) is 3. The molecule has 2 atom stereocenters. The number of carbonyl (C=O) groups excluding carboxylic acids is 1. The zero-order valence-corrected chi connectivity index (χ0v) is 16.1. The third-order valence-corrected chi connectivity index (χ3v) is 5.67. The molecule has 0 bridgehead atoms. The number of pyridine rings is 1. The zero-order valence-electron chi connectivity index (χ0n) is 16.1. The van der Waals surface area contributed by atoms with Crippen LogP contribution in [-0.2, 0) is 4.74 Å². The van der Waals surface area contributed by atoms with Gasteiger partial charge in [0.1, 0.15) is 11.9 Å². The molecule has 8 nitrogen and oxygen atoms in total.